The van der Waals surface area contributed by atoms with Crippen LogP contribution in [0.5, 0.6) is 5.75 Å². The zero-order chi connectivity index (χ0) is 26.5. The lowest BCUT2D eigenvalue weighted by Crippen LogP contribution is -2.50. The lowest BCUT2D eigenvalue weighted by molar-refractivity contribution is -0.0499. The number of benzene rings is 1. The Bertz CT molecular complexity index is 1360. The zero-order valence-electron chi connectivity index (χ0n) is 20.2. The summed E-state index contributed by atoms with van der Waals surface area (Å²) in [5.41, 5.74) is -0.120. The van der Waals surface area contributed by atoms with Gasteiger partial charge in [-0.2, -0.15) is 8.78 Å². The van der Waals surface area contributed by atoms with Gasteiger partial charge in [0.25, 0.3) is 0 Å². The number of nitrogens with one attached hydrogen (secondary N) is 1. The molecular formula is C24H24ClF3N6O3. The maximum Gasteiger partial charge on any atom is 0.410 e. The van der Waals surface area contributed by atoms with E-state index in [1.54, 1.807) is 17.2 Å². The number of pyridine rings is 1. The molecule has 2 atom stereocenters. The molecule has 2 aromatic heterocycles. The second-order valence-corrected chi connectivity index (χ2v) is 10.2. The van der Waals surface area contributed by atoms with E-state index >= 15 is 0 Å². The molecule has 13 heteroatoms. The quantitative estimate of drug-likeness (QED) is 0.466. The molecule has 2 saturated heterocycles. The number of carbonyl (C=O) groups is 1. The van der Waals surface area contributed by atoms with Crippen molar-refractivity contribution < 1.29 is 27.4 Å². The predicted molar refractivity (Wildman–Crippen MR) is 131 cm³/mol. The Balaban J connectivity index is 1.38. The predicted octanol–water partition coefficient (Wildman–Crippen LogP) is 5.36. The fourth-order valence-electron chi connectivity index (χ4n) is 4.64. The summed E-state index contributed by atoms with van der Waals surface area (Å²) in [5.74, 6) is -0.477. The Morgan fingerprint density at radius 1 is 1.19 bits per heavy atom. The van der Waals surface area contributed by atoms with E-state index in [1.165, 1.54) is 12.4 Å². The summed E-state index contributed by atoms with van der Waals surface area (Å²) in [4.78, 5) is 29.5. The van der Waals surface area contributed by atoms with Gasteiger partial charge in [0.2, 0.25) is 0 Å². The van der Waals surface area contributed by atoms with Crippen LogP contribution >= 0.6 is 11.6 Å². The van der Waals surface area contributed by atoms with E-state index in [1.807, 2.05) is 20.8 Å². The van der Waals surface area contributed by atoms with E-state index in [2.05, 4.69) is 29.9 Å². The molecular weight excluding hydrogens is 513 g/mol. The van der Waals surface area contributed by atoms with E-state index in [-0.39, 0.29) is 29.7 Å². The van der Waals surface area contributed by atoms with Crippen molar-refractivity contribution in [2.45, 2.75) is 51.5 Å². The van der Waals surface area contributed by atoms with Crippen LogP contribution in [0.2, 0.25) is 5.02 Å². The van der Waals surface area contributed by atoms with E-state index in [9.17, 15) is 18.0 Å². The van der Waals surface area contributed by atoms with Crippen LogP contribution < -0.4 is 15.0 Å². The van der Waals surface area contributed by atoms with Crippen LogP contribution in [0, 0.1) is 5.82 Å². The van der Waals surface area contributed by atoms with Crippen LogP contribution in [0.15, 0.2) is 30.7 Å². The molecule has 0 saturated carbocycles. The number of aromatic nitrogens is 3. The lowest BCUT2D eigenvalue weighted by atomic mass is 10.2. The van der Waals surface area contributed by atoms with Crippen molar-refractivity contribution >= 4 is 45.9 Å². The average Bonchev–Trinajstić information content (AvgIpc) is 3.44. The molecule has 0 radical (unpaired) electrons. The number of carbonyl (C=O) groups excluding carboxylic acids is 1. The fourth-order valence-corrected chi connectivity index (χ4v) is 4.85. The van der Waals surface area contributed by atoms with Gasteiger partial charge in [-0.3, -0.25) is 0 Å². The number of piperazine rings is 1. The Labute approximate surface area is 215 Å². The number of fused-ring (bicyclic) bond motifs is 3. The average molecular weight is 537 g/mol. The second-order valence-electron chi connectivity index (χ2n) is 9.85. The van der Waals surface area contributed by atoms with Crippen molar-refractivity contribution in [1.82, 2.24) is 19.9 Å². The van der Waals surface area contributed by atoms with E-state index < -0.39 is 28.8 Å². The number of halogens is 4. The van der Waals surface area contributed by atoms with Gasteiger partial charge in [-0.15, -0.1) is 0 Å². The molecule has 3 aromatic rings. The Hall–Kier alpha value is -3.54. The van der Waals surface area contributed by atoms with Crippen molar-refractivity contribution in [2.75, 3.05) is 23.3 Å². The van der Waals surface area contributed by atoms with Crippen LogP contribution in [0.25, 0.3) is 10.9 Å². The summed E-state index contributed by atoms with van der Waals surface area (Å²) < 4.78 is 49.6. The molecule has 2 aliphatic rings. The van der Waals surface area contributed by atoms with Crippen LogP contribution in [0.3, 0.4) is 0 Å². The maximum atomic E-state index is 14.8. The van der Waals surface area contributed by atoms with E-state index in [0.29, 0.717) is 29.8 Å². The maximum absolute atomic E-state index is 14.8. The second kappa shape index (κ2) is 9.40. The number of hydrogen-bond acceptors (Lipinski definition) is 8. The number of ether oxygens (including phenoxy) is 2. The zero-order valence-corrected chi connectivity index (χ0v) is 21.0. The number of amides is 1. The van der Waals surface area contributed by atoms with Gasteiger partial charge in [0, 0.05) is 18.5 Å². The summed E-state index contributed by atoms with van der Waals surface area (Å²) in [6.07, 6.45) is 3.37. The number of anilines is 3. The standard InChI is InChI=1S/C24H24ClF3N6O3/c1-24(2,3)37-23(35)34-10-12-6-13(34)9-33(12)18-7-14-16(8-29-18)30-11-31-21(14)32-15-4-5-17(36-22(27)28)19(25)20(15)26/h4-5,7-8,11-13,22H,6,9-10H2,1-3H3,(H,30,31,32)/t12-,13-/m0/s1. The molecule has 0 spiro atoms. The molecule has 0 unspecified atom stereocenters. The summed E-state index contributed by atoms with van der Waals surface area (Å²) in [6.45, 7) is 3.49. The monoisotopic (exact) mass is 536 g/mol. The molecule has 2 fully saturated rings. The van der Waals surface area contributed by atoms with Gasteiger partial charge < -0.3 is 24.6 Å². The SMILES string of the molecule is CC(C)(C)OC(=O)N1C[C@@H]2C[C@H]1CN2c1cc2c(Nc3ccc(OC(F)F)c(Cl)c3F)ncnc2cn1. The highest BCUT2D eigenvalue weighted by atomic mass is 35.5. The van der Waals surface area contributed by atoms with Crippen molar-refractivity contribution in [3.8, 4) is 5.75 Å². The van der Waals surface area contributed by atoms with Gasteiger partial charge in [-0.05, 0) is 45.4 Å². The summed E-state index contributed by atoms with van der Waals surface area (Å²) in [7, 11) is 0. The minimum absolute atomic E-state index is 0.00664. The van der Waals surface area contributed by atoms with Crippen molar-refractivity contribution in [3.63, 3.8) is 0 Å². The third kappa shape index (κ3) is 5.02. The third-order valence-electron chi connectivity index (χ3n) is 6.19. The summed E-state index contributed by atoms with van der Waals surface area (Å²) >= 11 is 5.88. The molecule has 37 heavy (non-hydrogen) atoms. The number of alkyl halides is 2. The lowest BCUT2D eigenvalue weighted by Gasteiger charge is -2.35. The molecule has 0 aliphatic carbocycles. The fraction of sp³-hybridized carbons (Fsp3) is 0.417. The van der Waals surface area contributed by atoms with Gasteiger partial charge in [0.1, 0.15) is 34.3 Å². The molecule has 1 amide bonds. The number of likely N-dealkylation sites (tertiary alicyclic amines) is 1. The minimum atomic E-state index is -3.13. The van der Waals surface area contributed by atoms with Gasteiger partial charge in [0.05, 0.1) is 29.5 Å². The molecule has 9 nitrogen and oxygen atoms in total. The minimum Gasteiger partial charge on any atom is -0.444 e. The summed E-state index contributed by atoms with van der Waals surface area (Å²) in [6, 6.07) is 4.26. The first kappa shape index (κ1) is 25.1. The highest BCUT2D eigenvalue weighted by Crippen LogP contribution is 2.38. The summed E-state index contributed by atoms with van der Waals surface area (Å²) in [5, 5.41) is 2.86. The highest BCUT2D eigenvalue weighted by Gasteiger charge is 2.47. The van der Waals surface area contributed by atoms with E-state index in [0.717, 1.165) is 12.5 Å². The van der Waals surface area contributed by atoms with Crippen LogP contribution in [0.4, 0.5) is 35.3 Å². The van der Waals surface area contributed by atoms with Crippen molar-refractivity contribution in [2.24, 2.45) is 0 Å². The number of rotatable bonds is 5. The highest BCUT2D eigenvalue weighted by molar-refractivity contribution is 6.32. The number of nitrogens with zero attached hydrogens (tertiary/aromatic N) is 5. The van der Waals surface area contributed by atoms with Gasteiger partial charge in [-0.1, -0.05) is 11.6 Å². The molecule has 196 valence electrons. The molecule has 1 N–H and O–H groups in total. The Morgan fingerprint density at radius 2 is 1.97 bits per heavy atom. The Morgan fingerprint density at radius 3 is 2.65 bits per heavy atom. The largest absolute Gasteiger partial charge is 0.444 e. The van der Waals surface area contributed by atoms with Crippen molar-refractivity contribution in [3.05, 3.63) is 41.6 Å². The molecule has 1 aromatic carbocycles. The molecule has 4 heterocycles. The smallest absolute Gasteiger partial charge is 0.410 e. The van der Waals surface area contributed by atoms with Gasteiger partial charge >= 0.3 is 12.7 Å². The van der Waals surface area contributed by atoms with Crippen LogP contribution in [0.1, 0.15) is 27.2 Å². The third-order valence-corrected chi connectivity index (χ3v) is 6.54. The Kier molecular flexibility index (Phi) is 6.38. The molecule has 2 bridgehead atoms. The first-order valence-electron chi connectivity index (χ1n) is 11.6. The van der Waals surface area contributed by atoms with Crippen molar-refractivity contribution in [1.29, 1.82) is 0 Å². The molecule has 5 rings (SSSR count). The normalized spacial score (nSPS) is 19.1. The van der Waals surface area contributed by atoms with Gasteiger partial charge in [-0.25, -0.2) is 24.1 Å². The van der Waals surface area contributed by atoms with Gasteiger partial charge in [0.15, 0.2) is 5.82 Å². The van der Waals surface area contributed by atoms with E-state index in [4.69, 9.17) is 16.3 Å². The first-order valence-corrected chi connectivity index (χ1v) is 11.9. The molecule has 2 aliphatic heterocycles. The van der Waals surface area contributed by atoms with Crippen LogP contribution in [-0.4, -0.2) is 63.3 Å². The first-order chi connectivity index (χ1) is 17.5. The van der Waals surface area contributed by atoms with Crippen LogP contribution in [-0.2, 0) is 4.74 Å². The number of hydrogen-bond donors (Lipinski definition) is 1. The topological polar surface area (TPSA) is 92.7 Å².